The number of pyridine rings is 1. The fraction of sp³-hybridized carbons (Fsp3) is 0.208. The zero-order valence-electron chi connectivity index (χ0n) is 19.6. The lowest BCUT2D eigenvalue weighted by Gasteiger charge is -2.23. The van der Waals surface area contributed by atoms with E-state index >= 15 is 0 Å². The van der Waals surface area contributed by atoms with Gasteiger partial charge in [0.05, 0.1) is 22.9 Å². The third-order valence-corrected chi connectivity index (χ3v) is 4.87. The Hall–Kier alpha value is -4.37. The molecule has 6 nitrogen and oxygen atoms in total. The van der Waals surface area contributed by atoms with Gasteiger partial charge in [0.2, 0.25) is 0 Å². The molecule has 0 unspecified atom stereocenters. The second-order valence-electron chi connectivity index (χ2n) is 7.74. The van der Waals surface area contributed by atoms with Crippen LogP contribution in [0.3, 0.4) is 0 Å². The van der Waals surface area contributed by atoms with Crippen LogP contribution >= 0.6 is 0 Å². The van der Waals surface area contributed by atoms with Crippen LogP contribution in [0.1, 0.15) is 34.0 Å². The molecule has 3 N–H and O–H groups in total. The van der Waals surface area contributed by atoms with E-state index in [1.54, 1.807) is 0 Å². The first-order valence-electron chi connectivity index (χ1n) is 10.7. The third-order valence-electron chi connectivity index (χ3n) is 4.87. The summed E-state index contributed by atoms with van der Waals surface area (Å²) >= 11 is 0. The van der Waals surface area contributed by atoms with Crippen LogP contribution in [0.4, 0.5) is 48.7 Å². The summed E-state index contributed by atoms with van der Waals surface area (Å²) in [5, 5.41) is 11.9. The van der Waals surface area contributed by atoms with E-state index in [0.717, 1.165) is 30.5 Å². The third kappa shape index (κ3) is 9.43. The highest BCUT2D eigenvalue weighted by Crippen LogP contribution is 2.36. The van der Waals surface area contributed by atoms with Crippen molar-refractivity contribution in [3.8, 4) is 0 Å². The number of halogens is 10. The van der Waals surface area contributed by atoms with Crippen LogP contribution in [-0.2, 0) is 23.7 Å². The van der Waals surface area contributed by atoms with Crippen molar-refractivity contribution in [3.63, 3.8) is 0 Å². The van der Waals surface area contributed by atoms with Crippen molar-refractivity contribution in [2.24, 2.45) is 0 Å². The molecule has 0 bridgehead atoms. The van der Waals surface area contributed by atoms with Gasteiger partial charge in [-0.2, -0.15) is 39.5 Å². The first-order chi connectivity index (χ1) is 18.4. The second kappa shape index (κ2) is 12.7. The molecule has 1 aromatic heterocycles. The molecule has 0 spiro atoms. The molecule has 40 heavy (non-hydrogen) atoms. The minimum atomic E-state index is -5.08. The number of carboxylic acids is 1. The minimum Gasteiger partial charge on any atom is -0.475 e. The SMILES string of the molecule is O=C(NCc1ccc(F)cc1)N[C@@H](c1ccc(C(F)(F)F)cc1)c1ncccc1C(F)(F)F.O=C(O)C(F)(F)F. The molecule has 216 valence electrons. The number of amides is 2. The second-order valence-corrected chi connectivity index (χ2v) is 7.74. The number of benzene rings is 2. The number of nitrogens with one attached hydrogen (secondary N) is 2. The average molecular weight is 585 g/mol. The van der Waals surface area contributed by atoms with Crippen LogP contribution in [-0.4, -0.2) is 28.3 Å². The fourth-order valence-electron chi connectivity index (χ4n) is 3.03. The Morgan fingerprint density at radius 2 is 1.38 bits per heavy atom. The molecule has 3 rings (SSSR count). The highest BCUT2D eigenvalue weighted by Gasteiger charge is 2.38. The normalized spacial score (nSPS) is 12.6. The summed E-state index contributed by atoms with van der Waals surface area (Å²) in [7, 11) is 0. The van der Waals surface area contributed by atoms with Crippen molar-refractivity contribution in [1.82, 2.24) is 15.6 Å². The lowest BCUT2D eigenvalue weighted by Crippen LogP contribution is -2.39. The van der Waals surface area contributed by atoms with Crippen LogP contribution in [0.5, 0.6) is 0 Å². The number of rotatable bonds is 5. The summed E-state index contributed by atoms with van der Waals surface area (Å²) in [6, 6.07) is 7.93. The number of nitrogens with zero attached hydrogens (tertiary/aromatic N) is 1. The fourth-order valence-corrected chi connectivity index (χ4v) is 3.03. The molecule has 2 amide bonds. The number of hydrogen-bond acceptors (Lipinski definition) is 3. The predicted molar refractivity (Wildman–Crippen MR) is 118 cm³/mol. The minimum absolute atomic E-state index is 0.0378. The summed E-state index contributed by atoms with van der Waals surface area (Å²) in [6.07, 6.45) is -13.5. The summed E-state index contributed by atoms with van der Waals surface area (Å²) in [4.78, 5) is 25.1. The van der Waals surface area contributed by atoms with E-state index in [4.69, 9.17) is 9.90 Å². The molecule has 16 heteroatoms. The largest absolute Gasteiger partial charge is 0.490 e. The number of aliphatic carboxylic acids is 1. The van der Waals surface area contributed by atoms with Crippen LogP contribution < -0.4 is 10.6 Å². The van der Waals surface area contributed by atoms with Gasteiger partial charge in [-0.15, -0.1) is 0 Å². The van der Waals surface area contributed by atoms with Crippen molar-refractivity contribution < 1.29 is 58.6 Å². The molecule has 1 atom stereocenters. The van der Waals surface area contributed by atoms with E-state index in [2.05, 4.69) is 15.6 Å². The van der Waals surface area contributed by atoms with Crippen LogP contribution in [0, 0.1) is 5.82 Å². The number of carbonyl (C=O) groups is 2. The lowest BCUT2D eigenvalue weighted by molar-refractivity contribution is -0.192. The van der Waals surface area contributed by atoms with Gasteiger partial charge in [-0.3, -0.25) is 4.98 Å². The van der Waals surface area contributed by atoms with Crippen molar-refractivity contribution in [2.45, 2.75) is 31.1 Å². The van der Waals surface area contributed by atoms with E-state index in [0.29, 0.717) is 17.7 Å². The quantitative estimate of drug-likeness (QED) is 0.299. The molecular weight excluding hydrogens is 568 g/mol. The zero-order chi connectivity index (χ0) is 30.3. The van der Waals surface area contributed by atoms with Gasteiger partial charge in [0.1, 0.15) is 5.82 Å². The highest BCUT2D eigenvalue weighted by atomic mass is 19.4. The molecule has 0 aliphatic heterocycles. The summed E-state index contributed by atoms with van der Waals surface area (Å²) < 4.78 is 124. The Morgan fingerprint density at radius 3 is 1.85 bits per heavy atom. The maximum absolute atomic E-state index is 13.5. The van der Waals surface area contributed by atoms with Gasteiger partial charge in [-0.05, 0) is 47.5 Å². The van der Waals surface area contributed by atoms with Gasteiger partial charge < -0.3 is 15.7 Å². The molecule has 0 saturated heterocycles. The highest BCUT2D eigenvalue weighted by molar-refractivity contribution is 5.75. The van der Waals surface area contributed by atoms with Crippen molar-refractivity contribution >= 4 is 12.0 Å². The molecule has 0 radical (unpaired) electrons. The molecule has 0 aliphatic carbocycles. The zero-order valence-corrected chi connectivity index (χ0v) is 19.6. The Morgan fingerprint density at radius 1 is 0.825 bits per heavy atom. The summed E-state index contributed by atoms with van der Waals surface area (Å²) in [5.74, 6) is -3.24. The molecule has 0 saturated carbocycles. The number of carboxylic acid groups (broad SMARTS) is 1. The predicted octanol–water partition coefficient (Wildman–Crippen LogP) is 6.48. The summed E-state index contributed by atoms with van der Waals surface area (Å²) in [6.45, 7) is -0.0693. The van der Waals surface area contributed by atoms with Gasteiger partial charge in [-0.1, -0.05) is 24.3 Å². The van der Waals surface area contributed by atoms with Crippen molar-refractivity contribution in [3.05, 3.63) is 101 Å². The van der Waals surface area contributed by atoms with E-state index in [9.17, 15) is 48.7 Å². The van der Waals surface area contributed by atoms with E-state index < -0.39 is 59.2 Å². The maximum atomic E-state index is 13.5. The van der Waals surface area contributed by atoms with Gasteiger partial charge >= 0.3 is 30.5 Å². The first kappa shape index (κ1) is 31.8. The van der Waals surface area contributed by atoms with Crippen LogP contribution in [0.15, 0.2) is 66.9 Å². The Kier molecular flexibility index (Phi) is 10.1. The van der Waals surface area contributed by atoms with Gasteiger partial charge in [-0.25, -0.2) is 14.0 Å². The van der Waals surface area contributed by atoms with Crippen LogP contribution in [0.25, 0.3) is 0 Å². The smallest absolute Gasteiger partial charge is 0.475 e. The summed E-state index contributed by atoms with van der Waals surface area (Å²) in [5.41, 5.74) is -2.24. The average Bonchev–Trinajstić information content (AvgIpc) is 2.86. The van der Waals surface area contributed by atoms with Crippen molar-refractivity contribution in [1.29, 1.82) is 0 Å². The van der Waals surface area contributed by atoms with E-state index in [1.165, 1.54) is 24.3 Å². The van der Waals surface area contributed by atoms with Crippen LogP contribution in [0.2, 0.25) is 0 Å². The Balaban J connectivity index is 0.000000708. The number of hydrogen-bond donors (Lipinski definition) is 3. The molecular formula is C24H17F10N3O3. The molecule has 3 aromatic rings. The van der Waals surface area contributed by atoms with Gasteiger partial charge in [0, 0.05) is 12.7 Å². The number of alkyl halides is 9. The number of urea groups is 1. The first-order valence-corrected chi connectivity index (χ1v) is 10.7. The lowest BCUT2D eigenvalue weighted by atomic mass is 9.98. The molecule has 2 aromatic carbocycles. The molecule has 0 aliphatic rings. The Labute approximate surface area is 218 Å². The van der Waals surface area contributed by atoms with E-state index in [1.807, 2.05) is 0 Å². The van der Waals surface area contributed by atoms with Crippen molar-refractivity contribution in [2.75, 3.05) is 0 Å². The monoisotopic (exact) mass is 585 g/mol. The number of carbonyl (C=O) groups excluding carboxylic acids is 1. The Bertz CT molecular complexity index is 1290. The maximum Gasteiger partial charge on any atom is 0.490 e. The number of aromatic nitrogens is 1. The van der Waals surface area contributed by atoms with Gasteiger partial charge in [0.15, 0.2) is 0 Å². The molecule has 1 heterocycles. The molecule has 0 fully saturated rings. The van der Waals surface area contributed by atoms with E-state index in [-0.39, 0.29) is 12.1 Å². The standard InChI is InChI=1S/C22H16F7N3O.C2HF3O2/c23-16-9-3-13(4-10-16)12-31-20(33)32-18(14-5-7-15(8-6-14)21(24,25)26)19-17(22(27,28)29)2-1-11-30-19;3-2(4,5)1(6)7/h1-11,18H,12H2,(H2,31,32,33);(H,6,7)/t18-;/m0./s1. The van der Waals surface area contributed by atoms with Gasteiger partial charge in [0.25, 0.3) is 0 Å². The topological polar surface area (TPSA) is 91.3 Å².